The molecule has 1 saturated heterocycles. The Morgan fingerprint density at radius 1 is 1.04 bits per heavy atom. The van der Waals surface area contributed by atoms with E-state index >= 15 is 0 Å². The molecule has 10 heteroatoms. The highest BCUT2D eigenvalue weighted by atomic mass is 79.9. The topological polar surface area (TPSA) is 92.4 Å². The third-order valence-corrected chi connectivity index (χ3v) is 7.11. The van der Waals surface area contributed by atoms with E-state index in [0.717, 1.165) is 10.0 Å². The summed E-state index contributed by atoms with van der Waals surface area (Å²) in [7, 11) is -3.51. The highest BCUT2D eigenvalue weighted by Crippen LogP contribution is 2.27. The molecular weight excluding hydrogens is 446 g/mol. The number of piperazine rings is 1. The molecule has 3 aromatic rings. The predicted octanol–water partition coefficient (Wildman–Crippen LogP) is 2.40. The second-order valence-electron chi connectivity index (χ2n) is 6.35. The van der Waals surface area contributed by atoms with E-state index in [0.29, 0.717) is 44.5 Å². The maximum absolute atomic E-state index is 12.7. The molecule has 1 aromatic carbocycles. The summed E-state index contributed by atoms with van der Waals surface area (Å²) in [5, 5.41) is 8.24. The lowest BCUT2D eigenvalue weighted by atomic mass is 10.2. The van der Waals surface area contributed by atoms with Crippen molar-refractivity contribution < 1.29 is 12.8 Å². The molecule has 0 spiro atoms. The van der Waals surface area contributed by atoms with Crippen molar-refractivity contribution in [3.8, 4) is 11.5 Å². The van der Waals surface area contributed by atoms with Crippen LogP contribution in [-0.2, 0) is 16.6 Å². The molecule has 0 atom stereocenters. The zero-order chi connectivity index (χ0) is 19.6. The Hall–Kier alpha value is -2.14. The van der Waals surface area contributed by atoms with Crippen molar-refractivity contribution in [1.82, 2.24) is 24.4 Å². The second kappa shape index (κ2) is 8.08. The van der Waals surface area contributed by atoms with Crippen LogP contribution >= 0.6 is 15.9 Å². The average Bonchev–Trinajstić information content (AvgIpc) is 3.17. The van der Waals surface area contributed by atoms with Crippen LogP contribution in [0.3, 0.4) is 0 Å². The van der Waals surface area contributed by atoms with Gasteiger partial charge in [0.05, 0.1) is 12.1 Å². The van der Waals surface area contributed by atoms with E-state index in [9.17, 15) is 8.42 Å². The first kappa shape index (κ1) is 19.2. The number of hydrogen-bond acceptors (Lipinski definition) is 7. The molecule has 146 valence electrons. The molecule has 1 fully saturated rings. The molecule has 0 saturated carbocycles. The summed E-state index contributed by atoms with van der Waals surface area (Å²) < 4.78 is 33.5. The minimum Gasteiger partial charge on any atom is -0.419 e. The van der Waals surface area contributed by atoms with Crippen LogP contribution in [0.15, 0.2) is 62.6 Å². The highest BCUT2D eigenvalue weighted by molar-refractivity contribution is 9.10. The van der Waals surface area contributed by atoms with Gasteiger partial charge in [-0.25, -0.2) is 8.42 Å². The largest absolute Gasteiger partial charge is 0.419 e. The molecule has 2 aromatic heterocycles. The molecule has 0 bridgehead atoms. The zero-order valence-corrected chi connectivity index (χ0v) is 17.3. The summed E-state index contributed by atoms with van der Waals surface area (Å²) in [6.07, 6.45) is 2.94. The number of benzene rings is 1. The highest BCUT2D eigenvalue weighted by Gasteiger charge is 2.29. The first-order valence-electron chi connectivity index (χ1n) is 8.74. The van der Waals surface area contributed by atoms with E-state index in [-0.39, 0.29) is 4.90 Å². The summed E-state index contributed by atoms with van der Waals surface area (Å²) >= 11 is 3.48. The molecule has 4 rings (SSSR count). The van der Waals surface area contributed by atoms with Crippen LogP contribution < -0.4 is 0 Å². The van der Waals surface area contributed by atoms with Crippen molar-refractivity contribution in [3.63, 3.8) is 0 Å². The normalized spacial score (nSPS) is 16.3. The van der Waals surface area contributed by atoms with Gasteiger partial charge in [0.2, 0.25) is 21.8 Å². The van der Waals surface area contributed by atoms with Gasteiger partial charge in [-0.2, -0.15) is 4.31 Å². The molecule has 0 amide bonds. The summed E-state index contributed by atoms with van der Waals surface area (Å²) in [6, 6.07) is 10.8. The van der Waals surface area contributed by atoms with E-state index < -0.39 is 10.0 Å². The quantitative estimate of drug-likeness (QED) is 0.573. The Bertz CT molecular complexity index is 1050. The van der Waals surface area contributed by atoms with Crippen molar-refractivity contribution in [3.05, 3.63) is 59.2 Å². The molecule has 0 aliphatic carbocycles. The molecule has 28 heavy (non-hydrogen) atoms. The van der Waals surface area contributed by atoms with Crippen molar-refractivity contribution >= 4 is 26.0 Å². The molecule has 8 nitrogen and oxygen atoms in total. The Morgan fingerprint density at radius 2 is 1.82 bits per heavy atom. The van der Waals surface area contributed by atoms with Gasteiger partial charge in [-0.3, -0.25) is 9.88 Å². The first-order chi connectivity index (χ1) is 13.5. The van der Waals surface area contributed by atoms with E-state index in [1.807, 2.05) is 24.3 Å². The fraction of sp³-hybridized carbons (Fsp3) is 0.278. The van der Waals surface area contributed by atoms with E-state index in [1.165, 1.54) is 10.5 Å². The maximum Gasteiger partial charge on any atom is 0.248 e. The number of rotatable bonds is 5. The number of aromatic nitrogens is 3. The van der Waals surface area contributed by atoms with Gasteiger partial charge in [-0.1, -0.05) is 12.1 Å². The van der Waals surface area contributed by atoms with Crippen molar-refractivity contribution in [2.45, 2.75) is 11.4 Å². The lowest BCUT2D eigenvalue weighted by Crippen LogP contribution is -2.48. The standard InChI is InChI=1S/C18H18BrN5O3S/c19-16-6-2-1-5-15(16)18-22-21-17(27-18)13-23-8-10-24(11-9-23)28(25,26)14-4-3-7-20-12-14/h1-7,12H,8-11,13H2. The van der Waals surface area contributed by atoms with Crippen molar-refractivity contribution in [2.24, 2.45) is 0 Å². The molecule has 3 heterocycles. The Morgan fingerprint density at radius 3 is 2.54 bits per heavy atom. The van der Waals surface area contributed by atoms with Crippen LogP contribution in [0.2, 0.25) is 0 Å². The average molecular weight is 464 g/mol. The summed E-state index contributed by atoms with van der Waals surface area (Å²) in [5.41, 5.74) is 0.841. The molecule has 0 radical (unpaired) electrons. The fourth-order valence-electron chi connectivity index (χ4n) is 3.03. The second-order valence-corrected chi connectivity index (χ2v) is 9.14. The Balaban J connectivity index is 1.38. The first-order valence-corrected chi connectivity index (χ1v) is 11.0. The monoisotopic (exact) mass is 463 g/mol. The third-order valence-electron chi connectivity index (χ3n) is 4.53. The molecular formula is C18H18BrN5O3S. The van der Waals surface area contributed by atoms with Crippen LogP contribution in [0.4, 0.5) is 0 Å². The molecule has 0 unspecified atom stereocenters. The lowest BCUT2D eigenvalue weighted by Gasteiger charge is -2.33. The van der Waals surface area contributed by atoms with Gasteiger partial charge >= 0.3 is 0 Å². The van der Waals surface area contributed by atoms with Crippen molar-refractivity contribution in [1.29, 1.82) is 0 Å². The molecule has 0 N–H and O–H groups in total. The van der Waals surface area contributed by atoms with Gasteiger partial charge in [0.1, 0.15) is 4.90 Å². The minimum absolute atomic E-state index is 0.221. The van der Waals surface area contributed by atoms with Crippen LogP contribution in [0.25, 0.3) is 11.5 Å². The van der Waals surface area contributed by atoms with Crippen LogP contribution in [0.1, 0.15) is 5.89 Å². The number of nitrogens with zero attached hydrogens (tertiary/aromatic N) is 5. The van der Waals surface area contributed by atoms with E-state index in [4.69, 9.17) is 4.42 Å². The van der Waals surface area contributed by atoms with Gasteiger partial charge in [0.25, 0.3) is 0 Å². The SMILES string of the molecule is O=S(=O)(c1cccnc1)N1CCN(Cc2nnc(-c3ccccc3Br)o2)CC1. The van der Waals surface area contributed by atoms with E-state index in [1.54, 1.807) is 18.3 Å². The molecule has 1 aliphatic rings. The predicted molar refractivity (Wildman–Crippen MR) is 106 cm³/mol. The van der Waals surface area contributed by atoms with Gasteiger partial charge in [0, 0.05) is 43.0 Å². The van der Waals surface area contributed by atoms with Crippen LogP contribution in [0.5, 0.6) is 0 Å². The van der Waals surface area contributed by atoms with Gasteiger partial charge < -0.3 is 4.42 Å². The number of halogens is 1. The number of hydrogen-bond donors (Lipinski definition) is 0. The fourth-order valence-corrected chi connectivity index (χ4v) is 4.87. The van der Waals surface area contributed by atoms with Gasteiger partial charge in [-0.15, -0.1) is 10.2 Å². The summed E-state index contributed by atoms with van der Waals surface area (Å²) in [6.45, 7) is 2.47. The smallest absolute Gasteiger partial charge is 0.248 e. The maximum atomic E-state index is 12.7. The Kier molecular flexibility index (Phi) is 5.54. The summed E-state index contributed by atoms with van der Waals surface area (Å²) in [5.74, 6) is 0.967. The lowest BCUT2D eigenvalue weighted by molar-refractivity contribution is 0.168. The zero-order valence-electron chi connectivity index (χ0n) is 14.9. The van der Waals surface area contributed by atoms with Crippen LogP contribution in [-0.4, -0.2) is 59.0 Å². The van der Waals surface area contributed by atoms with Gasteiger partial charge in [-0.05, 0) is 40.2 Å². The van der Waals surface area contributed by atoms with Crippen molar-refractivity contribution in [2.75, 3.05) is 26.2 Å². The van der Waals surface area contributed by atoms with Crippen LogP contribution in [0, 0.1) is 0 Å². The number of sulfonamides is 1. The molecule has 1 aliphatic heterocycles. The van der Waals surface area contributed by atoms with E-state index in [2.05, 4.69) is 36.0 Å². The third kappa shape index (κ3) is 4.00. The summed E-state index contributed by atoms with van der Waals surface area (Å²) in [4.78, 5) is 6.23. The Labute approximate surface area is 171 Å². The van der Waals surface area contributed by atoms with Gasteiger partial charge in [0.15, 0.2) is 0 Å². The minimum atomic E-state index is -3.51. The number of pyridine rings is 1.